The summed E-state index contributed by atoms with van der Waals surface area (Å²) in [6.45, 7) is 1.90. The largest absolute Gasteiger partial charge is 0.497 e. The fourth-order valence-corrected chi connectivity index (χ4v) is 8.07. The number of aromatic nitrogens is 2. The van der Waals surface area contributed by atoms with Crippen molar-refractivity contribution in [1.82, 2.24) is 8.80 Å². The van der Waals surface area contributed by atoms with E-state index in [1.54, 1.807) is 77.6 Å². The molecular weight excluding hydrogens is 761 g/mol. The third kappa shape index (κ3) is 6.90. The van der Waals surface area contributed by atoms with E-state index in [9.17, 15) is 19.2 Å². The summed E-state index contributed by atoms with van der Waals surface area (Å²) in [5.41, 5.74) is 7.51. The zero-order valence-corrected chi connectivity index (χ0v) is 33.4. The number of hydrogen-bond donors (Lipinski definition) is 0. The van der Waals surface area contributed by atoms with Crippen molar-refractivity contribution in [1.29, 1.82) is 0 Å². The first-order chi connectivity index (χ1) is 29.9. The van der Waals surface area contributed by atoms with Crippen LogP contribution < -0.4 is 4.74 Å². The number of carbonyl (C=O) groups excluding carboxylic acids is 4. The summed E-state index contributed by atoms with van der Waals surface area (Å²) in [7, 11) is 1.57. The van der Waals surface area contributed by atoms with Crippen LogP contribution in [-0.2, 0) is 4.74 Å². The summed E-state index contributed by atoms with van der Waals surface area (Å²) >= 11 is 0. The molecule has 9 rings (SSSR count). The minimum Gasteiger partial charge on any atom is -0.497 e. The van der Waals surface area contributed by atoms with Crippen LogP contribution >= 0.6 is 0 Å². The predicted molar refractivity (Wildman–Crippen MR) is 237 cm³/mol. The van der Waals surface area contributed by atoms with Gasteiger partial charge in [0.15, 0.2) is 11.6 Å². The Morgan fingerprint density at radius 2 is 0.869 bits per heavy atom. The highest BCUT2D eigenvalue weighted by atomic mass is 16.5. The first-order valence-electron chi connectivity index (χ1n) is 19.9. The predicted octanol–water partition coefficient (Wildman–Crippen LogP) is 11.1. The lowest BCUT2D eigenvalue weighted by Gasteiger charge is -2.09. The zero-order chi connectivity index (χ0) is 42.0. The van der Waals surface area contributed by atoms with Crippen LogP contribution in [0.3, 0.4) is 0 Å². The SMILES string of the molecule is CCOC(=O)c1c(-c2ccccc2)c(C(=O)c2ccccc2)c2cc(-c3ccn4c(C(=O)c5ccc(OC)cc5)c(-c5ccccc5)c(C(=O)c5ccccc5)c4c3)ccn12. The molecule has 0 atom stereocenters. The molecule has 0 bridgehead atoms. The highest BCUT2D eigenvalue weighted by Gasteiger charge is 2.32. The summed E-state index contributed by atoms with van der Waals surface area (Å²) in [6, 6.07) is 51.3. The lowest BCUT2D eigenvalue weighted by Crippen LogP contribution is -2.10. The van der Waals surface area contributed by atoms with E-state index in [0.717, 1.165) is 5.56 Å². The summed E-state index contributed by atoms with van der Waals surface area (Å²) < 4.78 is 14.5. The quantitative estimate of drug-likeness (QED) is 0.0902. The molecule has 0 spiro atoms. The summed E-state index contributed by atoms with van der Waals surface area (Å²) in [5.74, 6) is -0.709. The topological polar surface area (TPSA) is 95.6 Å². The molecule has 0 N–H and O–H groups in total. The van der Waals surface area contributed by atoms with Crippen LogP contribution in [-0.4, -0.2) is 45.8 Å². The van der Waals surface area contributed by atoms with Gasteiger partial charge in [0, 0.05) is 40.2 Å². The van der Waals surface area contributed by atoms with Crippen LogP contribution in [0.4, 0.5) is 0 Å². The number of ether oxygens (including phenoxy) is 2. The van der Waals surface area contributed by atoms with E-state index >= 15 is 0 Å². The average molecular weight is 799 g/mol. The van der Waals surface area contributed by atoms with Gasteiger partial charge in [0.1, 0.15) is 17.1 Å². The van der Waals surface area contributed by atoms with Crippen molar-refractivity contribution >= 4 is 34.4 Å². The van der Waals surface area contributed by atoms with Crippen LogP contribution in [0.25, 0.3) is 44.4 Å². The van der Waals surface area contributed by atoms with Gasteiger partial charge < -0.3 is 18.3 Å². The van der Waals surface area contributed by atoms with Gasteiger partial charge in [-0.1, -0.05) is 121 Å². The maximum absolute atomic E-state index is 14.9. The van der Waals surface area contributed by atoms with Crippen LogP contribution in [0.2, 0.25) is 0 Å². The van der Waals surface area contributed by atoms with Crippen LogP contribution in [0.15, 0.2) is 182 Å². The third-order valence-corrected chi connectivity index (χ3v) is 10.9. The molecule has 0 amide bonds. The molecule has 0 aliphatic rings. The number of benzene rings is 5. The highest BCUT2D eigenvalue weighted by molar-refractivity contribution is 6.24. The Labute approximate surface area is 351 Å². The zero-order valence-electron chi connectivity index (χ0n) is 33.4. The first kappa shape index (κ1) is 38.4. The van der Waals surface area contributed by atoms with Crippen molar-refractivity contribution < 1.29 is 28.7 Å². The molecule has 0 saturated heterocycles. The maximum atomic E-state index is 14.9. The molecule has 61 heavy (non-hydrogen) atoms. The Balaban J connectivity index is 1.32. The normalized spacial score (nSPS) is 11.1. The fraction of sp³-hybridized carbons (Fsp3) is 0.0566. The Hall–Kier alpha value is -8.10. The standard InChI is InChI=1S/C53H38N2O6/c1-3-61-53(59)49-45(35-18-10-5-11-19-35)47(51(57)37-22-14-7-15-23-37)43-33-40(29-31-55(43)49)39-28-30-54-42(32-39)46(50(56)36-20-12-6-13-21-36)44(34-16-8-4-9-17-34)48(54)52(58)38-24-26-41(60-2)27-25-38/h4-33H,3H2,1-2H3. The van der Waals surface area contributed by atoms with Gasteiger partial charge in [-0.3, -0.25) is 14.4 Å². The Kier molecular flexibility index (Phi) is 10.2. The van der Waals surface area contributed by atoms with Gasteiger partial charge in [0.25, 0.3) is 0 Å². The minimum atomic E-state index is -0.558. The van der Waals surface area contributed by atoms with Gasteiger partial charge in [-0.2, -0.15) is 0 Å². The molecule has 5 aromatic carbocycles. The number of hydrogen-bond acceptors (Lipinski definition) is 6. The van der Waals surface area contributed by atoms with Gasteiger partial charge in [-0.05, 0) is 77.7 Å². The number of methoxy groups -OCH3 is 1. The molecule has 0 unspecified atom stereocenters. The van der Waals surface area contributed by atoms with Crippen LogP contribution in [0.5, 0.6) is 5.75 Å². The smallest absolute Gasteiger partial charge is 0.355 e. The van der Waals surface area contributed by atoms with Gasteiger partial charge >= 0.3 is 5.97 Å². The molecule has 0 fully saturated rings. The van der Waals surface area contributed by atoms with Crippen molar-refractivity contribution in [2.75, 3.05) is 13.7 Å². The second-order valence-electron chi connectivity index (χ2n) is 14.4. The molecule has 4 aromatic heterocycles. The maximum Gasteiger partial charge on any atom is 0.355 e. The van der Waals surface area contributed by atoms with Crippen LogP contribution in [0.1, 0.15) is 65.3 Å². The molecule has 0 radical (unpaired) electrons. The molecule has 8 heteroatoms. The van der Waals surface area contributed by atoms with Gasteiger partial charge in [-0.25, -0.2) is 4.79 Å². The Bertz CT molecular complexity index is 3110. The molecule has 0 saturated carbocycles. The molecule has 8 nitrogen and oxygen atoms in total. The number of ketones is 3. The Morgan fingerprint density at radius 3 is 1.31 bits per heavy atom. The number of rotatable bonds is 12. The van der Waals surface area contributed by atoms with Crippen molar-refractivity contribution in [3.8, 4) is 39.1 Å². The van der Waals surface area contributed by atoms with Crippen molar-refractivity contribution in [3.63, 3.8) is 0 Å². The molecular formula is C53H38N2O6. The number of fused-ring (bicyclic) bond motifs is 2. The molecule has 296 valence electrons. The van der Waals surface area contributed by atoms with Crippen LogP contribution in [0, 0.1) is 0 Å². The molecule has 4 heterocycles. The number of nitrogens with zero attached hydrogens (tertiary/aromatic N) is 2. The van der Waals surface area contributed by atoms with Crippen molar-refractivity contribution in [3.05, 3.63) is 221 Å². The highest BCUT2D eigenvalue weighted by Crippen LogP contribution is 2.40. The Morgan fingerprint density at radius 1 is 0.459 bits per heavy atom. The van der Waals surface area contributed by atoms with E-state index in [4.69, 9.17) is 9.47 Å². The number of pyridine rings is 2. The van der Waals surface area contributed by atoms with E-state index in [0.29, 0.717) is 78.1 Å². The summed E-state index contributed by atoms with van der Waals surface area (Å²) in [4.78, 5) is 58.1. The summed E-state index contributed by atoms with van der Waals surface area (Å²) in [5, 5.41) is 0. The van der Waals surface area contributed by atoms with Gasteiger partial charge in [0.2, 0.25) is 5.78 Å². The van der Waals surface area contributed by atoms with E-state index in [1.807, 2.05) is 128 Å². The lowest BCUT2D eigenvalue weighted by atomic mass is 9.92. The van der Waals surface area contributed by atoms with Gasteiger partial charge in [-0.15, -0.1) is 0 Å². The second kappa shape index (κ2) is 16.3. The first-order valence-corrected chi connectivity index (χ1v) is 19.9. The number of esters is 1. The van der Waals surface area contributed by atoms with Gasteiger partial charge in [0.05, 0.1) is 35.9 Å². The molecule has 9 aromatic rings. The van der Waals surface area contributed by atoms with Crippen molar-refractivity contribution in [2.45, 2.75) is 6.92 Å². The number of carbonyl (C=O) groups is 4. The summed E-state index contributed by atoms with van der Waals surface area (Å²) in [6.07, 6.45) is 3.59. The third-order valence-electron chi connectivity index (χ3n) is 10.9. The minimum absolute atomic E-state index is 0.148. The molecule has 0 aliphatic carbocycles. The van der Waals surface area contributed by atoms with E-state index in [1.165, 1.54) is 0 Å². The second-order valence-corrected chi connectivity index (χ2v) is 14.4. The lowest BCUT2D eigenvalue weighted by molar-refractivity contribution is 0.0519. The molecule has 0 aliphatic heterocycles. The average Bonchev–Trinajstić information content (AvgIpc) is 3.85. The van der Waals surface area contributed by atoms with Crippen molar-refractivity contribution in [2.24, 2.45) is 0 Å². The van der Waals surface area contributed by atoms with E-state index < -0.39 is 5.97 Å². The fourth-order valence-electron chi connectivity index (χ4n) is 8.07. The van der Waals surface area contributed by atoms with E-state index in [2.05, 4.69) is 0 Å². The monoisotopic (exact) mass is 798 g/mol. The van der Waals surface area contributed by atoms with E-state index in [-0.39, 0.29) is 29.7 Å².